The Hall–Kier alpha value is -6.18. The molecule has 17 nitrogen and oxygen atoms in total. The molecular formula is C38H41N9O8S2. The average Bonchev–Trinajstić information content (AvgIpc) is 3.95. The maximum Gasteiger partial charge on any atom is 0.317 e. The number of aromatic nitrogens is 5. The Kier molecular flexibility index (Phi) is 12.3. The summed E-state index contributed by atoms with van der Waals surface area (Å²) in [6.07, 6.45) is 5.00. The summed E-state index contributed by atoms with van der Waals surface area (Å²) in [5.74, 6) is -1.19. The van der Waals surface area contributed by atoms with Crippen LogP contribution in [0.1, 0.15) is 83.5 Å². The fourth-order valence-electron chi connectivity index (χ4n) is 6.15. The van der Waals surface area contributed by atoms with Crippen molar-refractivity contribution in [2.45, 2.75) is 60.0 Å². The van der Waals surface area contributed by atoms with Crippen molar-refractivity contribution in [1.82, 2.24) is 24.1 Å². The molecule has 0 fully saturated rings. The van der Waals surface area contributed by atoms with E-state index in [1.54, 1.807) is 22.1 Å². The first kappa shape index (κ1) is 40.5. The van der Waals surface area contributed by atoms with E-state index in [1.807, 2.05) is 32.9 Å². The van der Waals surface area contributed by atoms with Gasteiger partial charge in [0.25, 0.3) is 5.91 Å². The maximum atomic E-state index is 13.7. The van der Waals surface area contributed by atoms with Crippen molar-refractivity contribution in [1.29, 1.82) is 0 Å². The molecule has 4 aromatic heterocycles. The number of benzene rings is 2. The van der Waals surface area contributed by atoms with E-state index >= 15 is 0 Å². The molecule has 2 aromatic carbocycles. The van der Waals surface area contributed by atoms with Crippen LogP contribution in [-0.4, -0.2) is 73.1 Å². The molecule has 0 aliphatic carbocycles. The molecule has 6 N–H and O–H groups in total. The number of aliphatic hydroxyl groups excluding tert-OH is 1. The van der Waals surface area contributed by atoms with Gasteiger partial charge in [-0.3, -0.25) is 24.5 Å². The van der Waals surface area contributed by atoms with Crippen molar-refractivity contribution < 1.29 is 38.2 Å². The normalized spacial score (nSPS) is 11.9. The minimum atomic E-state index is -0.695. The molecular weight excluding hydrogens is 775 g/mol. The minimum absolute atomic E-state index is 0.0388. The van der Waals surface area contributed by atoms with Crippen molar-refractivity contribution in [2.24, 2.45) is 16.5 Å². The van der Waals surface area contributed by atoms with Crippen LogP contribution in [0.25, 0.3) is 21.3 Å². The van der Waals surface area contributed by atoms with E-state index in [1.165, 1.54) is 48.0 Å². The molecule has 0 radical (unpaired) electrons. The third kappa shape index (κ3) is 8.49. The molecule has 0 spiro atoms. The lowest BCUT2D eigenvalue weighted by Crippen LogP contribution is -2.17. The van der Waals surface area contributed by atoms with Crippen molar-refractivity contribution in [2.75, 3.05) is 25.6 Å². The van der Waals surface area contributed by atoms with Crippen LogP contribution in [0.4, 0.5) is 5.95 Å². The molecule has 4 amide bonds. The van der Waals surface area contributed by atoms with Gasteiger partial charge in [-0.1, -0.05) is 37.3 Å². The highest BCUT2D eigenvalue weighted by Gasteiger charge is 2.23. The van der Waals surface area contributed by atoms with Crippen LogP contribution in [0.2, 0.25) is 0 Å². The molecule has 19 heteroatoms. The lowest BCUT2D eigenvalue weighted by molar-refractivity contribution is 0.0965. The highest BCUT2D eigenvalue weighted by molar-refractivity contribution is 7.16. The predicted molar refractivity (Wildman–Crippen MR) is 214 cm³/mol. The van der Waals surface area contributed by atoms with Gasteiger partial charge in [0.05, 0.1) is 40.3 Å². The summed E-state index contributed by atoms with van der Waals surface area (Å²) in [7, 11) is 1.46. The Bertz CT molecular complexity index is 2630. The first-order chi connectivity index (χ1) is 27.4. The van der Waals surface area contributed by atoms with E-state index < -0.39 is 23.6 Å². The van der Waals surface area contributed by atoms with Crippen molar-refractivity contribution in [3.8, 4) is 11.5 Å². The number of nitrogens with two attached hydrogens (primary N) is 2. The van der Waals surface area contributed by atoms with Gasteiger partial charge in [0.2, 0.25) is 23.5 Å². The standard InChI is InChI=1S/C38H41N9O8S2/c1-6-23-31(55-19(3)41-23)35(51)45-38-47(30-26(53-5)16-22(34(40)50)18-28(30)57-38)12-9-8-11-46-29-25(15-21(33(39)49)17-27(29)54-14-10-13-48)43-37(46)44-36(52)32-24(7-2)42-20(4)56-32/h8-9,15-18,48H,6-7,10-14H2,1-5H3,(H2,39,49)(H2,40,50)(H,43,44,52)/b9-8+,45-38-. The van der Waals surface area contributed by atoms with Gasteiger partial charge in [0.1, 0.15) is 27.4 Å². The number of allylic oxidation sites excluding steroid dienone is 2. The first-order valence-corrected chi connectivity index (χ1v) is 19.6. The number of hydrogen-bond acceptors (Lipinski definition) is 13. The summed E-state index contributed by atoms with van der Waals surface area (Å²) in [5.41, 5.74) is 14.2. The molecule has 0 saturated carbocycles. The number of aliphatic hydroxyl groups is 1. The van der Waals surface area contributed by atoms with Gasteiger partial charge in [-0.25, -0.2) is 15.0 Å². The summed E-state index contributed by atoms with van der Waals surface area (Å²) in [6.45, 7) is 7.60. The predicted octanol–water partition coefficient (Wildman–Crippen LogP) is 4.46. The van der Waals surface area contributed by atoms with Gasteiger partial charge in [0, 0.05) is 44.2 Å². The number of anilines is 1. The van der Waals surface area contributed by atoms with Crippen LogP contribution in [0, 0.1) is 13.8 Å². The van der Waals surface area contributed by atoms with Crippen LogP contribution in [0.15, 0.2) is 45.8 Å². The third-order valence-corrected chi connectivity index (χ3v) is 10.8. The number of nitrogens with one attached hydrogen (secondary N) is 1. The molecule has 0 atom stereocenters. The summed E-state index contributed by atoms with van der Waals surface area (Å²) >= 11 is 2.44. The highest BCUT2D eigenvalue weighted by atomic mass is 32.1. The zero-order valence-electron chi connectivity index (χ0n) is 31.9. The zero-order chi connectivity index (χ0) is 41.0. The molecule has 0 aliphatic rings. The van der Waals surface area contributed by atoms with Gasteiger partial charge in [0.15, 0.2) is 10.7 Å². The number of imidazole rings is 1. The summed E-state index contributed by atoms with van der Waals surface area (Å²) in [4.78, 5) is 70.3. The number of nitrogens with zero attached hydrogens (tertiary/aromatic N) is 6. The topological polar surface area (TPSA) is 245 Å². The van der Waals surface area contributed by atoms with Crippen molar-refractivity contribution >= 4 is 73.5 Å². The number of methoxy groups -OCH3 is 1. The second-order valence-corrected chi connectivity index (χ2v) is 14.8. The van der Waals surface area contributed by atoms with E-state index in [0.29, 0.717) is 73.2 Å². The van der Waals surface area contributed by atoms with Gasteiger partial charge < -0.3 is 39.6 Å². The molecule has 0 unspecified atom stereocenters. The smallest absolute Gasteiger partial charge is 0.317 e. The lowest BCUT2D eigenvalue weighted by Gasteiger charge is -2.12. The molecule has 6 rings (SSSR count). The number of thiazole rings is 2. The zero-order valence-corrected chi connectivity index (χ0v) is 33.5. The van der Waals surface area contributed by atoms with Gasteiger partial charge in [-0.2, -0.15) is 4.99 Å². The largest absolute Gasteiger partial charge is 0.494 e. The van der Waals surface area contributed by atoms with Crippen LogP contribution in [-0.2, 0) is 25.9 Å². The quantitative estimate of drug-likeness (QED) is 0.0785. The molecule has 4 heterocycles. The van der Waals surface area contributed by atoms with Gasteiger partial charge in [-0.15, -0.1) is 11.3 Å². The van der Waals surface area contributed by atoms with E-state index in [2.05, 4.69) is 20.3 Å². The summed E-state index contributed by atoms with van der Waals surface area (Å²) in [5, 5.41) is 13.1. The minimum Gasteiger partial charge on any atom is -0.494 e. The Morgan fingerprint density at radius 3 is 2.26 bits per heavy atom. The number of carbonyl (C=O) groups excluding carboxylic acids is 4. The Morgan fingerprint density at radius 2 is 1.60 bits per heavy atom. The molecule has 0 bridgehead atoms. The van der Waals surface area contributed by atoms with Crippen molar-refractivity contribution in [3.63, 3.8) is 0 Å². The number of aryl methyl sites for hydroxylation is 4. The number of ether oxygens (including phenoxy) is 2. The maximum absolute atomic E-state index is 13.7. The summed E-state index contributed by atoms with van der Waals surface area (Å²) < 4.78 is 21.4. The Labute approximate surface area is 333 Å². The second-order valence-electron chi connectivity index (χ2n) is 12.6. The second kappa shape index (κ2) is 17.3. The lowest BCUT2D eigenvalue weighted by atomic mass is 10.1. The fourth-order valence-corrected chi connectivity index (χ4v) is 8.15. The number of carbonyl (C=O) groups is 4. The Balaban J connectivity index is 1.44. The molecule has 298 valence electrons. The number of oxazole rings is 1. The van der Waals surface area contributed by atoms with Gasteiger partial charge >= 0.3 is 5.91 Å². The number of rotatable bonds is 16. The number of fused-ring (bicyclic) bond motifs is 2. The van der Waals surface area contributed by atoms with E-state index in [-0.39, 0.29) is 54.9 Å². The average molecular weight is 816 g/mol. The fraction of sp³-hybridized carbons (Fsp3) is 0.316. The summed E-state index contributed by atoms with van der Waals surface area (Å²) in [6, 6.07) is 6.16. The Morgan fingerprint density at radius 1 is 0.912 bits per heavy atom. The molecule has 0 aliphatic heterocycles. The van der Waals surface area contributed by atoms with Gasteiger partial charge in [-0.05, 0) is 44.0 Å². The van der Waals surface area contributed by atoms with E-state index in [4.69, 9.17) is 30.3 Å². The SMILES string of the molecule is CCc1nc(C)oc1C(=O)/N=c1\sc2cc(C(N)=O)cc(OC)c2n1C/C=C/Cn1c(NC(=O)c2sc(C)nc2CC)nc2cc(C(N)=O)cc(OCCCO)c21. The van der Waals surface area contributed by atoms with Crippen LogP contribution in [0.3, 0.4) is 0 Å². The third-order valence-electron chi connectivity index (χ3n) is 8.74. The van der Waals surface area contributed by atoms with Crippen LogP contribution in [0.5, 0.6) is 11.5 Å². The number of hydrogen-bond donors (Lipinski definition) is 4. The van der Waals surface area contributed by atoms with Crippen LogP contribution < -0.4 is 31.1 Å². The number of primary amides is 2. The highest BCUT2D eigenvalue weighted by Crippen LogP contribution is 2.33. The van der Waals surface area contributed by atoms with Crippen molar-refractivity contribution in [3.05, 3.63) is 85.3 Å². The van der Waals surface area contributed by atoms with Crippen LogP contribution >= 0.6 is 22.7 Å². The van der Waals surface area contributed by atoms with E-state index in [0.717, 1.165) is 5.01 Å². The first-order valence-electron chi connectivity index (χ1n) is 17.9. The number of amides is 4. The van der Waals surface area contributed by atoms with E-state index in [9.17, 15) is 24.3 Å². The molecule has 0 saturated heterocycles. The molecule has 57 heavy (non-hydrogen) atoms. The monoisotopic (exact) mass is 815 g/mol. The molecule has 6 aromatic rings.